The zero-order valence-electron chi connectivity index (χ0n) is 14.3. The lowest BCUT2D eigenvalue weighted by atomic mass is 10.2. The van der Waals surface area contributed by atoms with Gasteiger partial charge in [0.1, 0.15) is 11.6 Å². The third-order valence-corrected chi connectivity index (χ3v) is 3.66. The number of H-pyrrole nitrogens is 2. The molecule has 3 rings (SSSR count). The third kappa shape index (κ3) is 3.68. The van der Waals surface area contributed by atoms with Crippen molar-refractivity contribution in [3.05, 3.63) is 47.3 Å². The molecule has 0 unspecified atom stereocenters. The Bertz CT molecular complexity index is 884. The first-order valence-electron chi connectivity index (χ1n) is 7.89. The molecule has 1 aromatic carbocycles. The molecular formula is C17H19N5O3. The molecule has 8 nitrogen and oxygen atoms in total. The summed E-state index contributed by atoms with van der Waals surface area (Å²) in [4.78, 5) is 24.0. The second-order valence-electron chi connectivity index (χ2n) is 5.42. The number of hydrogen-bond acceptors (Lipinski definition) is 6. The molecular weight excluding hydrogens is 322 g/mol. The lowest BCUT2D eigenvalue weighted by Gasteiger charge is -2.01. The molecule has 0 bridgehead atoms. The highest BCUT2D eigenvalue weighted by molar-refractivity contribution is 5.89. The Labute approximate surface area is 144 Å². The highest BCUT2D eigenvalue weighted by Crippen LogP contribution is 2.23. The number of nitrogens with zero attached hydrogens (tertiary/aromatic N) is 3. The van der Waals surface area contributed by atoms with Gasteiger partial charge in [-0.2, -0.15) is 5.10 Å². The smallest absolute Gasteiger partial charge is 0.359 e. The molecule has 0 saturated heterocycles. The Kier molecular flexibility index (Phi) is 4.78. The predicted molar refractivity (Wildman–Crippen MR) is 90.2 cm³/mol. The number of imidazole rings is 1. The van der Waals surface area contributed by atoms with Gasteiger partial charge >= 0.3 is 5.97 Å². The molecule has 0 spiro atoms. The molecule has 0 amide bonds. The van der Waals surface area contributed by atoms with Crippen LogP contribution in [0.4, 0.5) is 0 Å². The molecule has 0 saturated carbocycles. The van der Waals surface area contributed by atoms with E-state index in [-0.39, 0.29) is 12.3 Å². The van der Waals surface area contributed by atoms with Crippen molar-refractivity contribution < 1.29 is 14.3 Å². The first-order valence-corrected chi connectivity index (χ1v) is 7.89. The standard InChI is InChI=1S/C17H19N5O3/c1-4-13-19-14(22-21-13)9-25-17(23)15-10(2)18-16(20-15)11-6-5-7-12(8-11)24-3/h5-8H,4,9H2,1-3H3,(H,18,20)(H,19,21,22). The number of methoxy groups -OCH3 is 1. The number of aromatic nitrogens is 5. The molecule has 0 aliphatic heterocycles. The van der Waals surface area contributed by atoms with E-state index in [9.17, 15) is 4.79 Å². The van der Waals surface area contributed by atoms with Gasteiger partial charge in [-0.3, -0.25) is 5.10 Å². The number of carbonyl (C=O) groups excluding carboxylic acids is 1. The summed E-state index contributed by atoms with van der Waals surface area (Å²) in [7, 11) is 1.60. The van der Waals surface area contributed by atoms with Gasteiger partial charge in [-0.15, -0.1) is 0 Å². The molecule has 2 N–H and O–H groups in total. The maximum absolute atomic E-state index is 12.3. The fourth-order valence-electron chi connectivity index (χ4n) is 2.33. The van der Waals surface area contributed by atoms with Crippen molar-refractivity contribution in [1.82, 2.24) is 25.1 Å². The average Bonchev–Trinajstić information content (AvgIpc) is 3.26. The van der Waals surface area contributed by atoms with E-state index in [0.717, 1.165) is 5.56 Å². The fraction of sp³-hybridized carbons (Fsp3) is 0.294. The van der Waals surface area contributed by atoms with Crippen LogP contribution in [0.25, 0.3) is 11.4 Å². The van der Waals surface area contributed by atoms with E-state index in [0.29, 0.717) is 35.3 Å². The second kappa shape index (κ2) is 7.16. The van der Waals surface area contributed by atoms with Crippen LogP contribution in [0.3, 0.4) is 0 Å². The number of aryl methyl sites for hydroxylation is 2. The third-order valence-electron chi connectivity index (χ3n) is 3.66. The van der Waals surface area contributed by atoms with Crippen LogP contribution in [0.2, 0.25) is 0 Å². The molecule has 25 heavy (non-hydrogen) atoms. The average molecular weight is 341 g/mol. The van der Waals surface area contributed by atoms with E-state index >= 15 is 0 Å². The maximum atomic E-state index is 12.3. The van der Waals surface area contributed by atoms with E-state index in [2.05, 4.69) is 25.1 Å². The van der Waals surface area contributed by atoms with Gasteiger partial charge in [0.25, 0.3) is 0 Å². The molecule has 0 atom stereocenters. The van der Waals surface area contributed by atoms with Gasteiger partial charge in [0.05, 0.1) is 7.11 Å². The molecule has 0 aliphatic carbocycles. The van der Waals surface area contributed by atoms with Crippen LogP contribution in [0.5, 0.6) is 5.75 Å². The van der Waals surface area contributed by atoms with Crippen LogP contribution in [0, 0.1) is 6.92 Å². The molecule has 0 fully saturated rings. The summed E-state index contributed by atoms with van der Waals surface area (Å²) in [5.74, 6) is 1.97. The largest absolute Gasteiger partial charge is 0.497 e. The summed E-state index contributed by atoms with van der Waals surface area (Å²) < 4.78 is 10.5. The first kappa shape index (κ1) is 16.7. The van der Waals surface area contributed by atoms with E-state index < -0.39 is 5.97 Å². The van der Waals surface area contributed by atoms with Crippen LogP contribution in [-0.4, -0.2) is 38.2 Å². The normalized spacial score (nSPS) is 10.7. The lowest BCUT2D eigenvalue weighted by Crippen LogP contribution is -2.08. The summed E-state index contributed by atoms with van der Waals surface area (Å²) >= 11 is 0. The van der Waals surface area contributed by atoms with Crippen LogP contribution in [0.1, 0.15) is 34.8 Å². The monoisotopic (exact) mass is 341 g/mol. The zero-order chi connectivity index (χ0) is 17.8. The molecule has 2 aromatic heterocycles. The maximum Gasteiger partial charge on any atom is 0.359 e. The van der Waals surface area contributed by atoms with Gasteiger partial charge in [0, 0.05) is 17.7 Å². The Hall–Kier alpha value is -3.16. The quantitative estimate of drug-likeness (QED) is 0.667. The van der Waals surface area contributed by atoms with Gasteiger partial charge in [0.2, 0.25) is 0 Å². The molecule has 130 valence electrons. The minimum Gasteiger partial charge on any atom is -0.497 e. The minimum absolute atomic E-state index is 0.0205. The van der Waals surface area contributed by atoms with Crippen molar-refractivity contribution in [1.29, 1.82) is 0 Å². The van der Waals surface area contributed by atoms with Crippen LogP contribution >= 0.6 is 0 Å². The topological polar surface area (TPSA) is 106 Å². The summed E-state index contributed by atoms with van der Waals surface area (Å²) in [5, 5.41) is 6.74. The van der Waals surface area contributed by atoms with Crippen LogP contribution in [0.15, 0.2) is 24.3 Å². The SMILES string of the molecule is CCc1n[nH]c(COC(=O)c2nc(-c3cccc(OC)c3)[nH]c2C)n1. The lowest BCUT2D eigenvalue weighted by molar-refractivity contribution is 0.0455. The van der Waals surface area contributed by atoms with Crippen molar-refractivity contribution in [2.24, 2.45) is 0 Å². The van der Waals surface area contributed by atoms with Gasteiger partial charge in [-0.05, 0) is 19.1 Å². The molecule has 3 aromatic rings. The summed E-state index contributed by atoms with van der Waals surface area (Å²) in [6.07, 6.45) is 0.715. The summed E-state index contributed by atoms with van der Waals surface area (Å²) in [6, 6.07) is 7.43. The van der Waals surface area contributed by atoms with E-state index in [1.165, 1.54) is 0 Å². The number of hydrogen-bond donors (Lipinski definition) is 2. The second-order valence-corrected chi connectivity index (χ2v) is 5.42. The zero-order valence-corrected chi connectivity index (χ0v) is 14.3. The Morgan fingerprint density at radius 3 is 2.84 bits per heavy atom. The van der Waals surface area contributed by atoms with Crippen LogP contribution < -0.4 is 4.74 Å². The highest BCUT2D eigenvalue weighted by atomic mass is 16.5. The fourth-order valence-corrected chi connectivity index (χ4v) is 2.33. The molecule has 0 radical (unpaired) electrons. The number of nitrogens with one attached hydrogen (secondary N) is 2. The number of benzene rings is 1. The molecule has 8 heteroatoms. The predicted octanol–water partition coefficient (Wildman–Crippen LogP) is 2.43. The van der Waals surface area contributed by atoms with Crippen molar-refractivity contribution >= 4 is 5.97 Å². The minimum atomic E-state index is -0.516. The van der Waals surface area contributed by atoms with E-state index in [1.54, 1.807) is 14.0 Å². The van der Waals surface area contributed by atoms with Crippen molar-refractivity contribution in [2.45, 2.75) is 26.9 Å². The van der Waals surface area contributed by atoms with Crippen molar-refractivity contribution in [3.63, 3.8) is 0 Å². The Morgan fingerprint density at radius 1 is 1.28 bits per heavy atom. The van der Waals surface area contributed by atoms with E-state index in [4.69, 9.17) is 9.47 Å². The Morgan fingerprint density at radius 2 is 2.12 bits per heavy atom. The van der Waals surface area contributed by atoms with E-state index in [1.807, 2.05) is 31.2 Å². The number of esters is 1. The molecule has 0 aliphatic rings. The number of aromatic amines is 2. The van der Waals surface area contributed by atoms with Crippen molar-refractivity contribution in [2.75, 3.05) is 7.11 Å². The van der Waals surface area contributed by atoms with Crippen molar-refractivity contribution in [3.8, 4) is 17.1 Å². The van der Waals surface area contributed by atoms with Crippen LogP contribution in [-0.2, 0) is 17.8 Å². The van der Waals surface area contributed by atoms with Gasteiger partial charge in [-0.1, -0.05) is 19.1 Å². The number of carbonyl (C=O) groups is 1. The van der Waals surface area contributed by atoms with Gasteiger partial charge in [-0.25, -0.2) is 14.8 Å². The highest BCUT2D eigenvalue weighted by Gasteiger charge is 2.18. The summed E-state index contributed by atoms with van der Waals surface area (Å²) in [6.45, 7) is 3.75. The first-order chi connectivity index (χ1) is 12.1. The Balaban J connectivity index is 1.73. The number of ether oxygens (including phenoxy) is 2. The summed E-state index contributed by atoms with van der Waals surface area (Å²) in [5.41, 5.74) is 1.70. The molecule has 2 heterocycles. The number of rotatable bonds is 6. The van der Waals surface area contributed by atoms with Gasteiger partial charge < -0.3 is 14.5 Å². The van der Waals surface area contributed by atoms with Gasteiger partial charge in [0.15, 0.2) is 23.9 Å².